The molecule has 2 N–H and O–H groups in total. The molecule has 1 aliphatic rings. The minimum Gasteiger partial charge on any atom is -0.361 e. The van der Waals surface area contributed by atoms with Gasteiger partial charge in [-0.2, -0.15) is 0 Å². The maximum atomic E-state index is 7.94. The van der Waals surface area contributed by atoms with Crippen molar-refractivity contribution in [2.75, 3.05) is 13.7 Å². The first-order chi connectivity index (χ1) is 10.4. The maximum Gasteiger partial charge on any atom is 0.216 e. The number of nitrogens with one attached hydrogen (secondary N) is 2. The molecule has 0 amide bonds. The van der Waals surface area contributed by atoms with Crippen LogP contribution in [0.5, 0.6) is 0 Å². The number of aryl methyl sites for hydroxylation is 2. The monoisotopic (exact) mass is 300 g/mol. The van der Waals surface area contributed by atoms with Crippen molar-refractivity contribution in [3.05, 3.63) is 41.3 Å². The van der Waals surface area contributed by atoms with Crippen molar-refractivity contribution in [2.24, 2.45) is 0 Å². The molecule has 0 aliphatic carbocycles. The van der Waals surface area contributed by atoms with Crippen LogP contribution in [0.15, 0.2) is 28.8 Å². The quantitative estimate of drug-likeness (QED) is 0.911. The van der Waals surface area contributed by atoms with Gasteiger partial charge in [0.2, 0.25) is 5.96 Å². The van der Waals surface area contributed by atoms with E-state index in [1.807, 2.05) is 26.0 Å². The number of hydroxylamine groups is 2. The highest BCUT2D eigenvalue weighted by molar-refractivity contribution is 5.79. The fourth-order valence-corrected chi connectivity index (χ4v) is 2.96. The van der Waals surface area contributed by atoms with Gasteiger partial charge in [0, 0.05) is 5.56 Å². The second-order valence-corrected chi connectivity index (χ2v) is 5.80. The second-order valence-electron chi connectivity index (χ2n) is 5.80. The molecule has 0 radical (unpaired) electrons. The highest BCUT2D eigenvalue weighted by Gasteiger charge is 2.38. The summed E-state index contributed by atoms with van der Waals surface area (Å²) < 4.78 is 5.26. The van der Waals surface area contributed by atoms with E-state index in [-0.39, 0.29) is 11.5 Å². The molecule has 6 nitrogen and oxygen atoms in total. The lowest BCUT2D eigenvalue weighted by Gasteiger charge is -2.24. The van der Waals surface area contributed by atoms with Gasteiger partial charge >= 0.3 is 0 Å². The summed E-state index contributed by atoms with van der Waals surface area (Å²) in [5, 5.41) is 16.7. The average Bonchev–Trinajstić information content (AvgIpc) is 2.99. The van der Waals surface area contributed by atoms with Gasteiger partial charge in [-0.1, -0.05) is 23.4 Å². The van der Waals surface area contributed by atoms with Gasteiger partial charge in [0.1, 0.15) is 5.76 Å². The molecule has 1 atom stereocenters. The van der Waals surface area contributed by atoms with Crippen LogP contribution in [0.4, 0.5) is 0 Å². The zero-order valence-electron chi connectivity index (χ0n) is 13.2. The molecule has 1 fully saturated rings. The third kappa shape index (κ3) is 2.25. The molecule has 0 saturated carbocycles. The smallest absolute Gasteiger partial charge is 0.216 e. The van der Waals surface area contributed by atoms with E-state index in [1.54, 1.807) is 12.2 Å². The van der Waals surface area contributed by atoms with Gasteiger partial charge in [-0.15, -0.1) is 0 Å². The van der Waals surface area contributed by atoms with Crippen molar-refractivity contribution in [1.82, 2.24) is 15.5 Å². The Bertz CT molecular complexity index is 705. The van der Waals surface area contributed by atoms with E-state index < -0.39 is 0 Å². The summed E-state index contributed by atoms with van der Waals surface area (Å²) in [5.74, 6) is 1.08. The van der Waals surface area contributed by atoms with Gasteiger partial charge in [0.25, 0.3) is 0 Å². The first-order valence-electron chi connectivity index (χ1n) is 7.17. The van der Waals surface area contributed by atoms with Crippen LogP contribution in [0.25, 0.3) is 11.1 Å². The Balaban J connectivity index is 2.01. The van der Waals surface area contributed by atoms with Crippen molar-refractivity contribution in [2.45, 2.75) is 26.3 Å². The maximum absolute atomic E-state index is 7.94. The molecule has 1 unspecified atom stereocenters. The molecule has 1 saturated heterocycles. The minimum atomic E-state index is -0.373. The molecule has 0 spiro atoms. The molecule has 1 aromatic heterocycles. The van der Waals surface area contributed by atoms with Crippen molar-refractivity contribution >= 4 is 5.96 Å². The van der Waals surface area contributed by atoms with Crippen LogP contribution in [0.1, 0.15) is 23.9 Å². The van der Waals surface area contributed by atoms with E-state index in [9.17, 15) is 0 Å². The number of nitrogens with zero attached hydrogens (tertiary/aromatic N) is 2. The highest BCUT2D eigenvalue weighted by atomic mass is 16.7. The average molecular weight is 300 g/mol. The number of guanidine groups is 1. The Kier molecular flexibility index (Phi) is 3.41. The van der Waals surface area contributed by atoms with E-state index in [0.29, 0.717) is 6.54 Å². The highest BCUT2D eigenvalue weighted by Crippen LogP contribution is 2.32. The standard InChI is InChI=1S/C16H20N4O2/c1-10-14(11(2)22-19-10)12-6-5-7-13(8-12)16(3)9-20(21-4)15(17)18-16/h5-8H,9H2,1-4H3,(H2,17,18). The molecule has 1 aliphatic heterocycles. The SMILES string of the molecule is CON1CC(C)(c2cccc(-c3c(C)noc3C)c2)NC1=N. The molecule has 2 aromatic rings. The van der Waals surface area contributed by atoms with E-state index >= 15 is 0 Å². The summed E-state index contributed by atoms with van der Waals surface area (Å²) in [4.78, 5) is 5.20. The van der Waals surface area contributed by atoms with Crippen LogP contribution >= 0.6 is 0 Å². The van der Waals surface area contributed by atoms with Crippen LogP contribution < -0.4 is 5.32 Å². The van der Waals surface area contributed by atoms with E-state index in [2.05, 4.69) is 29.5 Å². The Morgan fingerprint density at radius 1 is 1.41 bits per heavy atom. The van der Waals surface area contributed by atoms with Gasteiger partial charge in [-0.25, -0.2) is 5.06 Å². The normalized spacial score (nSPS) is 21.3. The largest absolute Gasteiger partial charge is 0.361 e. The summed E-state index contributed by atoms with van der Waals surface area (Å²) in [5.41, 5.74) is 3.70. The second kappa shape index (κ2) is 5.14. The van der Waals surface area contributed by atoms with Crippen LogP contribution in [0, 0.1) is 19.3 Å². The van der Waals surface area contributed by atoms with Gasteiger partial charge < -0.3 is 9.84 Å². The first kappa shape index (κ1) is 14.6. The van der Waals surface area contributed by atoms with Crippen LogP contribution in [-0.2, 0) is 10.4 Å². The number of hydrogen-bond acceptors (Lipinski definition) is 4. The molecule has 116 valence electrons. The molecular formula is C16H20N4O2. The van der Waals surface area contributed by atoms with Crippen LogP contribution in [-0.4, -0.2) is 29.8 Å². The molecule has 3 rings (SSSR count). The van der Waals surface area contributed by atoms with Gasteiger partial charge in [-0.3, -0.25) is 10.2 Å². The van der Waals surface area contributed by atoms with Gasteiger partial charge in [0.05, 0.1) is 24.9 Å². The van der Waals surface area contributed by atoms with Gasteiger partial charge in [0.15, 0.2) is 0 Å². The molecule has 0 bridgehead atoms. The lowest BCUT2D eigenvalue weighted by molar-refractivity contribution is -0.0633. The van der Waals surface area contributed by atoms with Crippen LogP contribution in [0.2, 0.25) is 0 Å². The molecule has 22 heavy (non-hydrogen) atoms. The van der Waals surface area contributed by atoms with Crippen molar-refractivity contribution in [3.8, 4) is 11.1 Å². The lowest BCUT2D eigenvalue weighted by Crippen LogP contribution is -2.37. The lowest BCUT2D eigenvalue weighted by atomic mass is 9.90. The summed E-state index contributed by atoms with van der Waals surface area (Å²) in [6.07, 6.45) is 0. The van der Waals surface area contributed by atoms with Crippen molar-refractivity contribution in [3.63, 3.8) is 0 Å². The predicted molar refractivity (Wildman–Crippen MR) is 83.3 cm³/mol. The van der Waals surface area contributed by atoms with Crippen molar-refractivity contribution < 1.29 is 9.36 Å². The number of aromatic nitrogens is 1. The van der Waals surface area contributed by atoms with E-state index in [1.165, 1.54) is 0 Å². The van der Waals surface area contributed by atoms with Gasteiger partial charge in [-0.05, 0) is 38.0 Å². The Morgan fingerprint density at radius 3 is 2.77 bits per heavy atom. The fourth-order valence-electron chi connectivity index (χ4n) is 2.96. The third-order valence-electron chi connectivity index (χ3n) is 4.15. The zero-order valence-corrected chi connectivity index (χ0v) is 13.2. The van der Waals surface area contributed by atoms with Crippen molar-refractivity contribution in [1.29, 1.82) is 5.41 Å². The first-order valence-corrected chi connectivity index (χ1v) is 7.17. The number of hydrogen-bond donors (Lipinski definition) is 2. The van der Waals surface area contributed by atoms with E-state index in [4.69, 9.17) is 14.8 Å². The van der Waals surface area contributed by atoms with E-state index in [0.717, 1.165) is 28.1 Å². The topological polar surface area (TPSA) is 74.4 Å². The Labute approximate surface area is 129 Å². The minimum absolute atomic E-state index is 0.271. The van der Waals surface area contributed by atoms with Crippen LogP contribution in [0.3, 0.4) is 0 Å². The summed E-state index contributed by atoms with van der Waals surface area (Å²) in [6, 6.07) is 8.24. The Hall–Kier alpha value is -2.34. The Morgan fingerprint density at radius 2 is 2.18 bits per heavy atom. The molecule has 6 heteroatoms. The predicted octanol–water partition coefficient (Wildman–Crippen LogP) is 2.58. The fraction of sp³-hybridized carbons (Fsp3) is 0.375. The number of rotatable bonds is 3. The molecular weight excluding hydrogens is 280 g/mol. The number of benzene rings is 1. The summed E-state index contributed by atoms with van der Waals surface area (Å²) in [6.45, 7) is 6.50. The summed E-state index contributed by atoms with van der Waals surface area (Å²) >= 11 is 0. The molecule has 2 heterocycles. The summed E-state index contributed by atoms with van der Waals surface area (Å²) in [7, 11) is 1.57. The zero-order chi connectivity index (χ0) is 15.9. The third-order valence-corrected chi connectivity index (χ3v) is 4.15. The molecule has 1 aromatic carbocycles.